The SMILES string of the molecule is [2H]c1nc(-n2c([2H])nc(C([2H])([2H])[2H])c2[2H])nc(Cl)c1[2H]. The Morgan fingerprint density at radius 2 is 2.54 bits per heavy atom. The molecule has 2 heterocycles. The van der Waals surface area contributed by atoms with Crippen molar-refractivity contribution in [2.24, 2.45) is 0 Å². The van der Waals surface area contributed by atoms with Crippen molar-refractivity contribution in [1.29, 1.82) is 0 Å². The van der Waals surface area contributed by atoms with Crippen LogP contribution in [0.25, 0.3) is 5.95 Å². The van der Waals surface area contributed by atoms with Crippen LogP contribution in [0.1, 0.15) is 15.3 Å². The predicted molar refractivity (Wildman–Crippen MR) is 48.9 cm³/mol. The van der Waals surface area contributed by atoms with Crippen LogP contribution >= 0.6 is 11.6 Å². The maximum Gasteiger partial charge on any atom is 0.236 e. The van der Waals surface area contributed by atoms with Crippen molar-refractivity contribution in [1.82, 2.24) is 19.5 Å². The van der Waals surface area contributed by atoms with Gasteiger partial charge in [0, 0.05) is 16.5 Å². The lowest BCUT2D eigenvalue weighted by molar-refractivity contribution is 0.925. The van der Waals surface area contributed by atoms with E-state index in [0.717, 1.165) is 4.57 Å². The van der Waals surface area contributed by atoms with Crippen LogP contribution in [0, 0.1) is 6.85 Å². The van der Waals surface area contributed by atoms with Gasteiger partial charge in [0.05, 0.1) is 9.81 Å². The number of aryl methyl sites for hydroxylation is 1. The van der Waals surface area contributed by atoms with Gasteiger partial charge < -0.3 is 0 Å². The summed E-state index contributed by atoms with van der Waals surface area (Å²) in [6.45, 7) is -2.65. The molecule has 0 saturated carbocycles. The zero-order valence-corrected chi connectivity index (χ0v) is 6.92. The van der Waals surface area contributed by atoms with Gasteiger partial charge in [0.1, 0.15) is 12.8 Å². The number of imidazole rings is 1. The van der Waals surface area contributed by atoms with E-state index in [1.807, 2.05) is 0 Å². The van der Waals surface area contributed by atoms with E-state index in [1.165, 1.54) is 0 Å². The van der Waals surface area contributed by atoms with E-state index in [4.69, 9.17) is 21.2 Å². The van der Waals surface area contributed by atoms with Gasteiger partial charge in [0.25, 0.3) is 0 Å². The van der Waals surface area contributed by atoms with Crippen LogP contribution in [0.3, 0.4) is 0 Å². The predicted octanol–water partition coefficient (Wildman–Crippen LogP) is 1.62. The van der Waals surface area contributed by atoms with Gasteiger partial charge in [-0.15, -0.1) is 0 Å². The molecule has 0 unspecified atom stereocenters. The van der Waals surface area contributed by atoms with Gasteiger partial charge in [-0.2, -0.15) is 0 Å². The van der Waals surface area contributed by atoms with Crippen molar-refractivity contribution in [2.75, 3.05) is 0 Å². The lowest BCUT2D eigenvalue weighted by Crippen LogP contribution is -1.97. The average Bonchev–Trinajstić information content (AvgIpc) is 2.61. The van der Waals surface area contributed by atoms with Crippen LogP contribution in [-0.4, -0.2) is 19.5 Å². The van der Waals surface area contributed by atoms with E-state index < -0.39 is 37.2 Å². The molecule has 13 heavy (non-hydrogen) atoms. The van der Waals surface area contributed by atoms with Gasteiger partial charge in [-0.05, 0) is 12.9 Å². The Morgan fingerprint density at radius 1 is 1.62 bits per heavy atom. The molecule has 5 heteroatoms. The summed E-state index contributed by atoms with van der Waals surface area (Å²) >= 11 is 5.64. The van der Waals surface area contributed by atoms with Gasteiger partial charge in [-0.25, -0.2) is 15.0 Å². The Balaban J connectivity index is 2.68. The molecule has 0 fully saturated rings. The first-order chi connectivity index (χ1) is 9.12. The summed E-state index contributed by atoms with van der Waals surface area (Å²) in [5.74, 6) is -0.339. The lowest BCUT2D eigenvalue weighted by Gasteiger charge is -1.97. The highest BCUT2D eigenvalue weighted by Gasteiger charge is 2.00. The number of hydrogen-bond acceptors (Lipinski definition) is 3. The second kappa shape index (κ2) is 3.14. The van der Waals surface area contributed by atoms with Gasteiger partial charge in [0.2, 0.25) is 5.95 Å². The summed E-state index contributed by atoms with van der Waals surface area (Å²) in [5, 5.41) is -0.331. The molecule has 0 saturated heterocycles. The number of rotatable bonds is 1. The zero-order valence-electron chi connectivity index (χ0n) is 13.2. The Labute approximate surface area is 90.1 Å². The largest absolute Gasteiger partial charge is 0.274 e. The molecule has 0 bridgehead atoms. The molecule has 0 aromatic carbocycles. The van der Waals surface area contributed by atoms with E-state index in [9.17, 15) is 0 Å². The van der Waals surface area contributed by atoms with Gasteiger partial charge >= 0.3 is 0 Å². The Kier molecular flexibility index (Phi) is 0.817. The molecule has 2 rings (SSSR count). The monoisotopic (exact) mass is 201 g/mol. The maximum absolute atomic E-state index is 7.74. The highest BCUT2D eigenvalue weighted by atomic mass is 35.5. The van der Waals surface area contributed by atoms with Crippen molar-refractivity contribution in [2.45, 2.75) is 6.85 Å². The van der Waals surface area contributed by atoms with Crippen molar-refractivity contribution in [3.63, 3.8) is 0 Å². The van der Waals surface area contributed by atoms with Crippen molar-refractivity contribution in [3.8, 4) is 5.95 Å². The molecule has 2 aromatic heterocycles. The number of aromatic nitrogens is 4. The Morgan fingerprint density at radius 3 is 3.23 bits per heavy atom. The first kappa shape index (κ1) is 3.38. The molecule has 0 aliphatic rings. The summed E-state index contributed by atoms with van der Waals surface area (Å²) in [4.78, 5) is 10.8. The minimum atomic E-state index is -2.65. The van der Waals surface area contributed by atoms with Crippen molar-refractivity contribution < 1.29 is 9.60 Å². The molecule has 0 atom stereocenters. The Bertz CT molecular complexity index is 657. The minimum absolute atomic E-state index is 0.331. The Hall–Kier alpha value is -1.42. The molecular weight excluding hydrogens is 188 g/mol. The number of halogens is 1. The van der Waals surface area contributed by atoms with E-state index in [0.29, 0.717) is 0 Å². The van der Waals surface area contributed by atoms with Crippen molar-refractivity contribution in [3.05, 3.63) is 35.5 Å². The van der Waals surface area contributed by atoms with E-state index in [2.05, 4.69) is 15.0 Å². The topological polar surface area (TPSA) is 43.6 Å². The second-order valence-corrected chi connectivity index (χ2v) is 2.42. The van der Waals surface area contributed by atoms with E-state index in [1.54, 1.807) is 0 Å². The summed E-state index contributed by atoms with van der Waals surface area (Å²) in [6, 6.07) is -0.398. The zero-order chi connectivity index (χ0) is 15.2. The van der Waals surface area contributed by atoms with Crippen LogP contribution in [-0.2, 0) is 0 Å². The first-order valence-corrected chi connectivity index (χ1v) is 3.58. The van der Waals surface area contributed by atoms with Gasteiger partial charge in [0.15, 0.2) is 0 Å². The molecule has 4 nitrogen and oxygen atoms in total. The fraction of sp³-hybridized carbons (Fsp3) is 0.125. The van der Waals surface area contributed by atoms with Crippen LogP contribution in [0.15, 0.2) is 24.7 Å². The smallest absolute Gasteiger partial charge is 0.236 e. The molecule has 0 aliphatic carbocycles. The molecule has 0 spiro atoms. The highest BCUT2D eigenvalue weighted by molar-refractivity contribution is 6.29. The second-order valence-electron chi connectivity index (χ2n) is 2.06. The first-order valence-electron chi connectivity index (χ1n) is 6.70. The number of hydrogen-bond donors (Lipinski definition) is 0. The van der Waals surface area contributed by atoms with Gasteiger partial charge in [-0.1, -0.05) is 11.6 Å². The minimum Gasteiger partial charge on any atom is -0.274 e. The molecular formula is C8H7ClN4. The molecule has 0 radical (unpaired) electrons. The van der Waals surface area contributed by atoms with Crippen LogP contribution in [0.5, 0.6) is 0 Å². The third-order valence-electron chi connectivity index (χ3n) is 1.19. The quantitative estimate of drug-likeness (QED) is 0.659. The fourth-order valence-electron chi connectivity index (χ4n) is 0.715. The maximum atomic E-state index is 7.74. The molecule has 2 aromatic rings. The van der Waals surface area contributed by atoms with E-state index in [-0.39, 0.29) is 11.1 Å². The lowest BCUT2D eigenvalue weighted by atomic mass is 10.6. The summed E-state index contributed by atoms with van der Waals surface area (Å²) in [7, 11) is 0. The van der Waals surface area contributed by atoms with E-state index >= 15 is 0 Å². The third kappa shape index (κ3) is 1.67. The van der Waals surface area contributed by atoms with Crippen molar-refractivity contribution >= 4 is 11.6 Å². The standard InChI is InChI=1S/C8H7ClN4/c1-6-4-13(5-11-6)8-10-3-2-7(9)12-8/h2-5H,1H3/i1D3,2D,3D,4D,5D. The molecule has 0 aliphatic heterocycles. The summed E-state index contributed by atoms with van der Waals surface area (Å²) in [6.07, 6.45) is -1.64. The fourth-order valence-corrected chi connectivity index (χ4v) is 0.833. The van der Waals surface area contributed by atoms with Crippen LogP contribution in [0.4, 0.5) is 0 Å². The van der Waals surface area contributed by atoms with Crippen LogP contribution in [0.2, 0.25) is 5.15 Å². The average molecular weight is 202 g/mol. The molecule has 0 amide bonds. The summed E-state index contributed by atoms with van der Waals surface area (Å²) in [5.41, 5.74) is -0.566. The summed E-state index contributed by atoms with van der Waals surface area (Å²) < 4.78 is 52.5. The molecule has 0 N–H and O–H groups in total. The third-order valence-corrected chi connectivity index (χ3v) is 1.37. The normalized spacial score (nSPS) is 19.0. The van der Waals surface area contributed by atoms with Gasteiger partial charge in [-0.3, -0.25) is 4.57 Å². The number of nitrogens with zero attached hydrogens (tertiary/aromatic N) is 4. The molecule has 66 valence electrons. The highest BCUT2D eigenvalue weighted by Crippen LogP contribution is 2.06. The van der Waals surface area contributed by atoms with Crippen LogP contribution < -0.4 is 0 Å².